The van der Waals surface area contributed by atoms with E-state index in [1.165, 1.54) is 18.2 Å². The molecule has 1 amide bonds. The number of rotatable bonds is 4. The molecule has 0 bridgehead atoms. The first kappa shape index (κ1) is 25.4. The van der Waals surface area contributed by atoms with E-state index in [0.29, 0.717) is 44.4 Å². The first-order valence-corrected chi connectivity index (χ1v) is 14.6. The Bertz CT molecular complexity index is 1490. The molecular formula is C28H28ClN5O2S2. The molecule has 3 aliphatic rings. The molecule has 10 heteroatoms. The number of carbonyl (C=O) groups is 1. The molecule has 4 heterocycles. The molecule has 0 N–H and O–H groups in total. The first-order valence-electron chi connectivity index (χ1n) is 13.0. The van der Waals surface area contributed by atoms with Crippen LogP contribution in [0.4, 0.5) is 11.5 Å². The molecule has 0 radical (unpaired) electrons. The SMILES string of the molecule is O=C1/C(=C/c2c(N3CCN(c4cccc(Cl)c4)CC3)nc3ccccn3c2=O)SC(=S)N1C1CCCCC1. The summed E-state index contributed by atoms with van der Waals surface area (Å²) in [5, 5.41) is 0.710. The van der Waals surface area contributed by atoms with E-state index in [4.69, 9.17) is 28.8 Å². The van der Waals surface area contributed by atoms with Crippen LogP contribution in [-0.2, 0) is 4.79 Å². The predicted octanol–water partition coefficient (Wildman–Crippen LogP) is 5.21. The summed E-state index contributed by atoms with van der Waals surface area (Å²) < 4.78 is 2.12. The van der Waals surface area contributed by atoms with Crippen molar-refractivity contribution >= 4 is 69.0 Å². The zero-order valence-corrected chi connectivity index (χ0v) is 23.3. The average molecular weight is 566 g/mol. The van der Waals surface area contributed by atoms with Crippen molar-refractivity contribution in [2.24, 2.45) is 0 Å². The maximum Gasteiger partial charge on any atom is 0.267 e. The number of halogens is 1. The number of thioether (sulfide) groups is 1. The number of anilines is 2. The third kappa shape index (κ3) is 4.83. The van der Waals surface area contributed by atoms with Crippen LogP contribution in [0.1, 0.15) is 37.7 Å². The monoisotopic (exact) mass is 565 g/mol. The normalized spacial score (nSPS) is 20.2. The van der Waals surface area contributed by atoms with Crippen molar-refractivity contribution in [3.63, 3.8) is 0 Å². The number of hydrogen-bond acceptors (Lipinski definition) is 7. The van der Waals surface area contributed by atoms with Gasteiger partial charge in [-0.15, -0.1) is 0 Å². The van der Waals surface area contributed by atoms with Crippen LogP contribution in [0.25, 0.3) is 11.7 Å². The lowest BCUT2D eigenvalue weighted by Gasteiger charge is -2.37. The summed E-state index contributed by atoms with van der Waals surface area (Å²) in [6, 6.07) is 13.5. The van der Waals surface area contributed by atoms with Gasteiger partial charge >= 0.3 is 0 Å². The lowest BCUT2D eigenvalue weighted by atomic mass is 9.94. The van der Waals surface area contributed by atoms with Crippen molar-refractivity contribution in [2.75, 3.05) is 36.0 Å². The quantitative estimate of drug-likeness (QED) is 0.318. The van der Waals surface area contributed by atoms with Crippen LogP contribution in [0.15, 0.2) is 58.4 Å². The lowest BCUT2D eigenvalue weighted by Crippen LogP contribution is -2.47. The Labute approximate surface area is 236 Å². The predicted molar refractivity (Wildman–Crippen MR) is 159 cm³/mol. The minimum Gasteiger partial charge on any atom is -0.368 e. The molecule has 1 aromatic carbocycles. The number of thiocarbonyl (C=S) groups is 1. The molecule has 2 saturated heterocycles. The average Bonchev–Trinajstić information content (AvgIpc) is 3.23. The van der Waals surface area contributed by atoms with Crippen LogP contribution in [0.3, 0.4) is 0 Å². The molecule has 0 atom stereocenters. The van der Waals surface area contributed by atoms with E-state index in [2.05, 4.69) is 15.9 Å². The summed E-state index contributed by atoms with van der Waals surface area (Å²) in [6.45, 7) is 2.90. The van der Waals surface area contributed by atoms with Crippen molar-refractivity contribution in [1.29, 1.82) is 0 Å². The van der Waals surface area contributed by atoms with E-state index < -0.39 is 0 Å². The van der Waals surface area contributed by atoms with Crippen LogP contribution in [0, 0.1) is 0 Å². The Balaban J connectivity index is 1.34. The fourth-order valence-electron chi connectivity index (χ4n) is 5.57. The van der Waals surface area contributed by atoms with Gasteiger partial charge in [-0.05, 0) is 49.2 Å². The largest absolute Gasteiger partial charge is 0.368 e. The van der Waals surface area contributed by atoms with E-state index in [-0.39, 0.29) is 17.5 Å². The Morgan fingerprint density at radius 3 is 2.50 bits per heavy atom. The van der Waals surface area contributed by atoms with Crippen molar-refractivity contribution < 1.29 is 4.79 Å². The number of carbonyl (C=O) groups excluding carboxylic acids is 1. The van der Waals surface area contributed by atoms with Crippen LogP contribution >= 0.6 is 35.6 Å². The molecule has 1 saturated carbocycles. The van der Waals surface area contributed by atoms with Gasteiger partial charge in [-0.1, -0.05) is 67.0 Å². The number of fused-ring (bicyclic) bond motifs is 1. The highest BCUT2D eigenvalue weighted by Gasteiger charge is 2.38. The minimum absolute atomic E-state index is 0.0961. The highest BCUT2D eigenvalue weighted by atomic mass is 35.5. The highest BCUT2D eigenvalue weighted by molar-refractivity contribution is 8.26. The number of pyridine rings is 1. The number of nitrogens with zero attached hydrogens (tertiary/aromatic N) is 5. The topological polar surface area (TPSA) is 61.2 Å². The maximum absolute atomic E-state index is 13.7. The number of hydrogen-bond donors (Lipinski definition) is 0. The van der Waals surface area contributed by atoms with Gasteiger partial charge in [0.2, 0.25) is 0 Å². The molecule has 38 heavy (non-hydrogen) atoms. The van der Waals surface area contributed by atoms with Gasteiger partial charge in [0.15, 0.2) is 0 Å². The van der Waals surface area contributed by atoms with Crippen LogP contribution in [0.5, 0.6) is 0 Å². The van der Waals surface area contributed by atoms with Crippen LogP contribution < -0.4 is 15.4 Å². The summed E-state index contributed by atoms with van der Waals surface area (Å²) in [4.78, 5) is 38.8. The van der Waals surface area contributed by atoms with Crippen LogP contribution in [-0.4, -0.2) is 56.7 Å². The number of aromatic nitrogens is 2. The van der Waals surface area contributed by atoms with Gasteiger partial charge in [0, 0.05) is 49.1 Å². The lowest BCUT2D eigenvalue weighted by molar-refractivity contribution is -0.124. The summed E-state index contributed by atoms with van der Waals surface area (Å²) in [5.41, 5.74) is 1.90. The standard InChI is InChI=1S/C28H28ClN5O2S2/c29-19-7-6-10-21(17-19)31-13-15-32(16-14-31)25-22(26(35)33-12-5-4-11-24(33)30-25)18-23-27(36)34(28(37)38-23)20-8-2-1-3-9-20/h4-7,10-12,17-18,20H,1-3,8-9,13-16H2/b23-18-. The molecule has 2 aromatic heterocycles. The summed E-state index contributed by atoms with van der Waals surface area (Å²) >= 11 is 13.1. The Kier molecular flexibility index (Phi) is 7.16. The molecule has 2 aliphatic heterocycles. The Hall–Kier alpha value is -2.88. The zero-order valence-electron chi connectivity index (χ0n) is 20.9. The first-order chi connectivity index (χ1) is 18.5. The van der Waals surface area contributed by atoms with Crippen molar-refractivity contribution in [3.8, 4) is 0 Å². The number of benzene rings is 1. The van der Waals surface area contributed by atoms with E-state index >= 15 is 0 Å². The minimum atomic E-state index is -0.189. The highest BCUT2D eigenvalue weighted by Crippen LogP contribution is 2.38. The second-order valence-electron chi connectivity index (χ2n) is 9.88. The number of piperazine rings is 1. The van der Waals surface area contributed by atoms with Crippen molar-refractivity contribution in [2.45, 2.75) is 38.1 Å². The second-order valence-corrected chi connectivity index (χ2v) is 12.0. The van der Waals surface area contributed by atoms with E-state index in [0.717, 1.165) is 44.5 Å². The molecule has 6 rings (SSSR count). The third-order valence-corrected chi connectivity index (χ3v) is 9.11. The van der Waals surface area contributed by atoms with Gasteiger partial charge < -0.3 is 9.80 Å². The van der Waals surface area contributed by atoms with Gasteiger partial charge in [0.05, 0.1) is 10.5 Å². The fraction of sp³-hybridized carbons (Fsp3) is 0.357. The maximum atomic E-state index is 13.7. The van der Waals surface area contributed by atoms with Gasteiger partial charge in [-0.2, -0.15) is 0 Å². The van der Waals surface area contributed by atoms with Crippen molar-refractivity contribution in [1.82, 2.24) is 14.3 Å². The Morgan fingerprint density at radius 1 is 0.974 bits per heavy atom. The molecule has 7 nitrogen and oxygen atoms in total. The third-order valence-electron chi connectivity index (χ3n) is 7.54. The summed E-state index contributed by atoms with van der Waals surface area (Å²) in [7, 11) is 0. The molecule has 1 aliphatic carbocycles. The molecule has 0 spiro atoms. The zero-order chi connectivity index (χ0) is 26.2. The van der Waals surface area contributed by atoms with E-state index in [1.54, 1.807) is 21.6 Å². The molecular weight excluding hydrogens is 538 g/mol. The van der Waals surface area contributed by atoms with Gasteiger partial charge in [-0.3, -0.25) is 18.9 Å². The van der Waals surface area contributed by atoms with E-state index in [1.807, 2.05) is 36.4 Å². The smallest absolute Gasteiger partial charge is 0.267 e. The van der Waals surface area contributed by atoms with Crippen LogP contribution in [0.2, 0.25) is 5.02 Å². The van der Waals surface area contributed by atoms with Gasteiger partial charge in [-0.25, -0.2) is 4.98 Å². The van der Waals surface area contributed by atoms with Gasteiger partial charge in [0.25, 0.3) is 11.5 Å². The summed E-state index contributed by atoms with van der Waals surface area (Å²) in [5.74, 6) is 0.510. The fourth-order valence-corrected chi connectivity index (χ4v) is 7.14. The molecule has 196 valence electrons. The van der Waals surface area contributed by atoms with Crippen molar-refractivity contribution in [3.05, 3.63) is 74.5 Å². The molecule has 3 aromatic rings. The van der Waals surface area contributed by atoms with E-state index in [9.17, 15) is 9.59 Å². The number of amides is 1. The summed E-state index contributed by atoms with van der Waals surface area (Å²) in [6.07, 6.45) is 8.81. The molecule has 3 fully saturated rings. The second kappa shape index (κ2) is 10.7. The Morgan fingerprint density at radius 2 is 1.74 bits per heavy atom. The van der Waals surface area contributed by atoms with Gasteiger partial charge in [0.1, 0.15) is 15.8 Å². The molecule has 0 unspecified atom stereocenters.